The summed E-state index contributed by atoms with van der Waals surface area (Å²) in [7, 11) is 1.68. The molecule has 20 heavy (non-hydrogen) atoms. The zero-order valence-corrected chi connectivity index (χ0v) is 13.2. The van der Waals surface area contributed by atoms with Crippen molar-refractivity contribution in [2.75, 3.05) is 7.11 Å². The molecule has 1 aliphatic carbocycles. The molecule has 1 aromatic carbocycles. The molecule has 2 rings (SSSR count). The van der Waals surface area contributed by atoms with Crippen LogP contribution < -0.4 is 4.74 Å². The van der Waals surface area contributed by atoms with Gasteiger partial charge in [-0.25, -0.2) is 0 Å². The molecule has 0 radical (unpaired) electrons. The molecule has 1 aliphatic rings. The van der Waals surface area contributed by atoms with Gasteiger partial charge in [-0.1, -0.05) is 26.0 Å². The Hall–Kier alpha value is -1.02. The van der Waals surface area contributed by atoms with Gasteiger partial charge in [0.25, 0.3) is 0 Å². The van der Waals surface area contributed by atoms with E-state index < -0.39 is 5.60 Å². The molecule has 0 amide bonds. The van der Waals surface area contributed by atoms with Crippen LogP contribution in [-0.2, 0) is 6.42 Å². The van der Waals surface area contributed by atoms with Gasteiger partial charge in [0.1, 0.15) is 5.75 Å². The third-order valence-electron chi connectivity index (χ3n) is 4.78. The minimum absolute atomic E-state index is 0.406. The first kappa shape index (κ1) is 15.4. The average Bonchev–Trinajstić information content (AvgIpc) is 2.38. The molecule has 112 valence electrons. The molecule has 0 aliphatic heterocycles. The van der Waals surface area contributed by atoms with Crippen LogP contribution in [0.3, 0.4) is 0 Å². The number of benzene rings is 1. The van der Waals surface area contributed by atoms with Crippen LogP contribution >= 0.6 is 0 Å². The monoisotopic (exact) mass is 276 g/mol. The summed E-state index contributed by atoms with van der Waals surface area (Å²) in [4.78, 5) is 0. The maximum absolute atomic E-state index is 10.9. The van der Waals surface area contributed by atoms with E-state index in [-0.39, 0.29) is 0 Å². The SMILES string of the molecule is COc1ccc(CC(C)(O)C2CC(C)CC(C)C2)cc1. The summed E-state index contributed by atoms with van der Waals surface area (Å²) >= 11 is 0. The second-order valence-corrected chi connectivity index (χ2v) is 7.00. The van der Waals surface area contributed by atoms with Crippen LogP contribution in [0.4, 0.5) is 0 Å². The first-order valence-electron chi connectivity index (χ1n) is 7.76. The van der Waals surface area contributed by atoms with Crippen molar-refractivity contribution >= 4 is 0 Å². The van der Waals surface area contributed by atoms with Gasteiger partial charge in [0.15, 0.2) is 0 Å². The maximum Gasteiger partial charge on any atom is 0.118 e. The van der Waals surface area contributed by atoms with E-state index in [1.54, 1.807) is 7.11 Å². The molecule has 1 fully saturated rings. The normalized spacial score (nSPS) is 29.8. The van der Waals surface area contributed by atoms with Gasteiger partial charge in [-0.2, -0.15) is 0 Å². The van der Waals surface area contributed by atoms with E-state index in [9.17, 15) is 5.11 Å². The number of methoxy groups -OCH3 is 1. The van der Waals surface area contributed by atoms with E-state index in [1.165, 1.54) is 12.0 Å². The van der Waals surface area contributed by atoms with Crippen molar-refractivity contribution in [3.63, 3.8) is 0 Å². The van der Waals surface area contributed by atoms with E-state index in [2.05, 4.69) is 26.0 Å². The van der Waals surface area contributed by atoms with Crippen LogP contribution in [0, 0.1) is 17.8 Å². The van der Waals surface area contributed by atoms with Crippen LogP contribution in [0.15, 0.2) is 24.3 Å². The van der Waals surface area contributed by atoms with Crippen molar-refractivity contribution in [2.45, 2.75) is 52.1 Å². The van der Waals surface area contributed by atoms with Crippen molar-refractivity contribution in [1.82, 2.24) is 0 Å². The molecule has 2 nitrogen and oxygen atoms in total. The molecule has 0 spiro atoms. The Balaban J connectivity index is 2.05. The molecule has 1 aromatic rings. The molecule has 3 atom stereocenters. The Bertz CT molecular complexity index is 412. The summed E-state index contributed by atoms with van der Waals surface area (Å²) in [5.41, 5.74) is 0.569. The van der Waals surface area contributed by atoms with Gasteiger partial charge in [0.2, 0.25) is 0 Å². The third kappa shape index (κ3) is 3.76. The second kappa shape index (κ2) is 6.17. The lowest BCUT2D eigenvalue weighted by Gasteiger charge is -2.40. The number of aliphatic hydroxyl groups is 1. The lowest BCUT2D eigenvalue weighted by atomic mass is 9.68. The highest BCUT2D eigenvalue weighted by Gasteiger charge is 2.36. The van der Waals surface area contributed by atoms with E-state index in [1.807, 2.05) is 19.1 Å². The fraction of sp³-hybridized carbons (Fsp3) is 0.667. The largest absolute Gasteiger partial charge is 0.497 e. The first-order valence-corrected chi connectivity index (χ1v) is 7.76. The fourth-order valence-corrected chi connectivity index (χ4v) is 3.76. The molecular weight excluding hydrogens is 248 g/mol. The van der Waals surface area contributed by atoms with Crippen molar-refractivity contribution in [3.05, 3.63) is 29.8 Å². The Kier molecular flexibility index (Phi) is 4.74. The van der Waals surface area contributed by atoms with E-state index >= 15 is 0 Å². The zero-order valence-electron chi connectivity index (χ0n) is 13.2. The van der Waals surface area contributed by atoms with Crippen molar-refractivity contribution in [2.24, 2.45) is 17.8 Å². The highest BCUT2D eigenvalue weighted by Crippen LogP contribution is 2.40. The molecule has 0 heterocycles. The third-order valence-corrected chi connectivity index (χ3v) is 4.78. The number of hydrogen-bond donors (Lipinski definition) is 1. The van der Waals surface area contributed by atoms with Gasteiger partial charge >= 0.3 is 0 Å². The zero-order chi connectivity index (χ0) is 14.8. The standard InChI is InChI=1S/C18H28O2/c1-13-9-14(2)11-16(10-13)18(3,19)12-15-5-7-17(20-4)8-6-15/h5-8,13-14,16,19H,9-12H2,1-4H3. The quantitative estimate of drug-likeness (QED) is 0.898. The van der Waals surface area contributed by atoms with Gasteiger partial charge in [0, 0.05) is 6.42 Å². The number of rotatable bonds is 4. The smallest absolute Gasteiger partial charge is 0.118 e. The summed E-state index contributed by atoms with van der Waals surface area (Å²) in [6.07, 6.45) is 4.32. The number of ether oxygens (including phenoxy) is 1. The summed E-state index contributed by atoms with van der Waals surface area (Å²) in [6, 6.07) is 8.06. The van der Waals surface area contributed by atoms with E-state index in [0.717, 1.165) is 36.8 Å². The molecule has 0 bridgehead atoms. The Labute approximate surface area is 123 Å². The first-order chi connectivity index (χ1) is 9.40. The molecule has 3 unspecified atom stereocenters. The van der Waals surface area contributed by atoms with E-state index in [0.29, 0.717) is 5.92 Å². The van der Waals surface area contributed by atoms with Gasteiger partial charge < -0.3 is 9.84 Å². The molecule has 0 saturated heterocycles. The fourth-order valence-electron chi connectivity index (χ4n) is 3.76. The highest BCUT2D eigenvalue weighted by atomic mass is 16.5. The van der Waals surface area contributed by atoms with Crippen LogP contribution in [0.5, 0.6) is 5.75 Å². The Morgan fingerprint density at radius 1 is 1.10 bits per heavy atom. The van der Waals surface area contributed by atoms with Crippen molar-refractivity contribution in [3.8, 4) is 5.75 Å². The Morgan fingerprint density at radius 3 is 2.15 bits per heavy atom. The van der Waals surface area contributed by atoms with Gasteiger partial charge in [-0.15, -0.1) is 0 Å². The molecule has 1 N–H and O–H groups in total. The molecule has 1 saturated carbocycles. The summed E-state index contributed by atoms with van der Waals surface area (Å²) < 4.78 is 5.18. The molecular formula is C18H28O2. The predicted molar refractivity (Wildman–Crippen MR) is 83.0 cm³/mol. The lowest BCUT2D eigenvalue weighted by Crippen LogP contribution is -2.41. The van der Waals surface area contributed by atoms with Gasteiger partial charge in [-0.3, -0.25) is 0 Å². The van der Waals surface area contributed by atoms with Crippen LogP contribution in [0.2, 0.25) is 0 Å². The summed E-state index contributed by atoms with van der Waals surface area (Å²) in [6.45, 7) is 6.63. The van der Waals surface area contributed by atoms with Crippen molar-refractivity contribution < 1.29 is 9.84 Å². The Morgan fingerprint density at radius 2 is 1.65 bits per heavy atom. The van der Waals surface area contributed by atoms with Gasteiger partial charge in [0.05, 0.1) is 12.7 Å². The van der Waals surface area contributed by atoms with Crippen LogP contribution in [0.1, 0.15) is 45.6 Å². The van der Waals surface area contributed by atoms with Crippen LogP contribution in [0.25, 0.3) is 0 Å². The van der Waals surface area contributed by atoms with Crippen LogP contribution in [-0.4, -0.2) is 17.8 Å². The summed E-state index contributed by atoms with van der Waals surface area (Å²) in [5.74, 6) is 2.73. The highest BCUT2D eigenvalue weighted by molar-refractivity contribution is 5.28. The maximum atomic E-state index is 10.9. The van der Waals surface area contributed by atoms with E-state index in [4.69, 9.17) is 4.74 Å². The lowest BCUT2D eigenvalue weighted by molar-refractivity contribution is -0.0331. The van der Waals surface area contributed by atoms with Gasteiger partial charge in [-0.05, 0) is 61.6 Å². The second-order valence-electron chi connectivity index (χ2n) is 7.00. The topological polar surface area (TPSA) is 29.5 Å². The predicted octanol–water partition coefficient (Wildman–Crippen LogP) is 4.06. The van der Waals surface area contributed by atoms with Crippen molar-refractivity contribution in [1.29, 1.82) is 0 Å². The molecule has 2 heteroatoms. The minimum Gasteiger partial charge on any atom is -0.497 e. The summed E-state index contributed by atoms with van der Waals surface area (Å²) in [5, 5.41) is 10.9. The number of hydrogen-bond acceptors (Lipinski definition) is 2. The average molecular weight is 276 g/mol. The molecule has 0 aromatic heterocycles. The minimum atomic E-state index is -0.614.